The van der Waals surface area contributed by atoms with Gasteiger partial charge in [0.2, 0.25) is 5.91 Å². The van der Waals surface area contributed by atoms with E-state index in [9.17, 15) is 9.59 Å². The predicted molar refractivity (Wildman–Crippen MR) is 118 cm³/mol. The summed E-state index contributed by atoms with van der Waals surface area (Å²) in [6.45, 7) is 2.24. The lowest BCUT2D eigenvalue weighted by Crippen LogP contribution is -2.40. The van der Waals surface area contributed by atoms with Crippen LogP contribution in [-0.4, -0.2) is 34.8 Å². The molecule has 1 aliphatic heterocycles. The first kappa shape index (κ1) is 19.7. The molecule has 150 valence electrons. The van der Waals surface area contributed by atoms with Gasteiger partial charge in [0, 0.05) is 29.7 Å². The van der Waals surface area contributed by atoms with E-state index in [4.69, 9.17) is 5.73 Å². The van der Waals surface area contributed by atoms with Gasteiger partial charge in [0.25, 0.3) is 5.91 Å². The molecule has 0 aliphatic carbocycles. The Labute approximate surface area is 177 Å². The molecule has 3 aromatic rings. The number of fused-ring (bicyclic) bond motifs is 1. The first-order valence-corrected chi connectivity index (χ1v) is 10.5. The van der Waals surface area contributed by atoms with Crippen LogP contribution >= 0.6 is 15.9 Å². The third kappa shape index (κ3) is 4.21. The number of piperidine rings is 1. The van der Waals surface area contributed by atoms with Crippen molar-refractivity contribution in [3.05, 3.63) is 64.3 Å². The Balaban J connectivity index is 1.53. The molecular weight excluding hydrogens is 432 g/mol. The Hall–Kier alpha value is -2.64. The van der Waals surface area contributed by atoms with Crippen molar-refractivity contribution < 1.29 is 9.59 Å². The van der Waals surface area contributed by atoms with Crippen LogP contribution in [0.1, 0.15) is 28.9 Å². The van der Waals surface area contributed by atoms with E-state index in [1.54, 1.807) is 0 Å². The van der Waals surface area contributed by atoms with Crippen LogP contribution in [-0.2, 0) is 11.3 Å². The number of carbonyl (C=O) groups is 2. The fourth-order valence-electron chi connectivity index (χ4n) is 3.90. The Bertz CT molecular complexity index is 1060. The minimum absolute atomic E-state index is 0.104. The van der Waals surface area contributed by atoms with Gasteiger partial charge in [-0.15, -0.1) is 0 Å². The first-order chi connectivity index (χ1) is 14.0. The molecular formula is C22H23BrN4O2. The van der Waals surface area contributed by atoms with Gasteiger partial charge in [0.1, 0.15) is 5.69 Å². The molecule has 2 amide bonds. The van der Waals surface area contributed by atoms with E-state index in [0.29, 0.717) is 18.8 Å². The highest BCUT2D eigenvalue weighted by Crippen LogP contribution is 2.29. The molecule has 1 aliphatic rings. The van der Waals surface area contributed by atoms with Gasteiger partial charge < -0.3 is 16.0 Å². The van der Waals surface area contributed by atoms with E-state index in [0.717, 1.165) is 46.0 Å². The number of nitrogens with zero attached hydrogens (tertiary/aromatic N) is 1. The average molecular weight is 455 g/mol. The van der Waals surface area contributed by atoms with Gasteiger partial charge in [-0.1, -0.05) is 36.4 Å². The molecule has 29 heavy (non-hydrogen) atoms. The summed E-state index contributed by atoms with van der Waals surface area (Å²) >= 11 is 3.54. The average Bonchev–Trinajstić information content (AvgIpc) is 3.07. The highest BCUT2D eigenvalue weighted by molar-refractivity contribution is 9.10. The molecule has 0 bridgehead atoms. The van der Waals surface area contributed by atoms with Gasteiger partial charge in [-0.3, -0.25) is 14.5 Å². The number of hydrogen-bond acceptors (Lipinski definition) is 3. The number of amides is 2. The number of nitrogens with one attached hydrogen (secondary N) is 2. The van der Waals surface area contributed by atoms with Crippen molar-refractivity contribution in [2.24, 2.45) is 11.7 Å². The molecule has 0 radical (unpaired) electrons. The zero-order chi connectivity index (χ0) is 20.4. The lowest BCUT2D eigenvalue weighted by Gasteiger charge is -2.31. The number of primary amides is 1. The topological polar surface area (TPSA) is 91.2 Å². The maximum absolute atomic E-state index is 12.9. The quantitative estimate of drug-likeness (QED) is 0.546. The second-order valence-electron chi connectivity index (χ2n) is 7.45. The Morgan fingerprint density at radius 1 is 1.17 bits per heavy atom. The summed E-state index contributed by atoms with van der Waals surface area (Å²) in [4.78, 5) is 29.9. The fourth-order valence-corrected chi connectivity index (χ4v) is 4.53. The van der Waals surface area contributed by atoms with E-state index in [1.807, 2.05) is 48.5 Å². The SMILES string of the molecule is NC(=O)C1CCCN(Cc2ccccc2NC(=O)c2[nH]c3ccccc3c2Br)C1. The smallest absolute Gasteiger partial charge is 0.273 e. The number of anilines is 1. The molecule has 4 rings (SSSR count). The highest BCUT2D eigenvalue weighted by Gasteiger charge is 2.24. The number of nitrogens with two attached hydrogens (primary N) is 1. The van der Waals surface area contributed by atoms with Gasteiger partial charge in [-0.2, -0.15) is 0 Å². The minimum Gasteiger partial charge on any atom is -0.369 e. The van der Waals surface area contributed by atoms with E-state index in [2.05, 4.69) is 31.1 Å². The summed E-state index contributed by atoms with van der Waals surface area (Å²) in [5, 5.41) is 4.00. The summed E-state index contributed by atoms with van der Waals surface area (Å²) in [5.41, 5.74) is 8.68. The van der Waals surface area contributed by atoms with Crippen LogP contribution in [0.25, 0.3) is 10.9 Å². The van der Waals surface area contributed by atoms with Crippen LogP contribution < -0.4 is 11.1 Å². The van der Waals surface area contributed by atoms with Crippen molar-refractivity contribution in [2.45, 2.75) is 19.4 Å². The summed E-state index contributed by atoms with van der Waals surface area (Å²) in [6, 6.07) is 15.5. The number of hydrogen-bond donors (Lipinski definition) is 3. The monoisotopic (exact) mass is 454 g/mol. The molecule has 1 aromatic heterocycles. The standard InChI is InChI=1S/C22H23BrN4O2/c23-19-16-8-2-4-10-18(16)25-20(19)22(29)26-17-9-3-1-6-14(17)12-27-11-5-7-15(13-27)21(24)28/h1-4,6,8-10,15,25H,5,7,11-13H2,(H2,24,28)(H,26,29). The molecule has 7 heteroatoms. The number of H-pyrrole nitrogens is 1. The zero-order valence-electron chi connectivity index (χ0n) is 16.0. The van der Waals surface area contributed by atoms with Crippen molar-refractivity contribution >= 4 is 44.3 Å². The van der Waals surface area contributed by atoms with E-state index in [-0.39, 0.29) is 17.7 Å². The van der Waals surface area contributed by atoms with Crippen molar-refractivity contribution in [3.8, 4) is 0 Å². The lowest BCUT2D eigenvalue weighted by atomic mass is 9.97. The number of likely N-dealkylation sites (tertiary alicyclic amines) is 1. The normalized spacial score (nSPS) is 17.3. The number of rotatable bonds is 5. The lowest BCUT2D eigenvalue weighted by molar-refractivity contribution is -0.123. The molecule has 0 spiro atoms. The zero-order valence-corrected chi connectivity index (χ0v) is 17.5. The summed E-state index contributed by atoms with van der Waals surface area (Å²) in [7, 11) is 0. The predicted octanol–water partition coefficient (Wildman–Crippen LogP) is 3.88. The fraction of sp³-hybridized carbons (Fsp3) is 0.273. The summed E-state index contributed by atoms with van der Waals surface area (Å²) in [5.74, 6) is -0.540. The van der Waals surface area contributed by atoms with E-state index in [1.165, 1.54) is 0 Å². The Morgan fingerprint density at radius 3 is 2.72 bits per heavy atom. The van der Waals surface area contributed by atoms with Gasteiger partial charge in [0.15, 0.2) is 0 Å². The van der Waals surface area contributed by atoms with Crippen molar-refractivity contribution in [1.29, 1.82) is 0 Å². The maximum Gasteiger partial charge on any atom is 0.273 e. The number of aromatic nitrogens is 1. The second kappa shape index (κ2) is 8.39. The number of halogens is 1. The number of para-hydroxylation sites is 2. The second-order valence-corrected chi connectivity index (χ2v) is 8.24. The first-order valence-electron chi connectivity index (χ1n) is 9.70. The van der Waals surface area contributed by atoms with Crippen molar-refractivity contribution in [3.63, 3.8) is 0 Å². The number of benzene rings is 2. The van der Waals surface area contributed by atoms with Gasteiger partial charge in [-0.25, -0.2) is 0 Å². The van der Waals surface area contributed by atoms with Gasteiger partial charge in [-0.05, 0) is 53.0 Å². The van der Waals surface area contributed by atoms with E-state index < -0.39 is 0 Å². The summed E-state index contributed by atoms with van der Waals surface area (Å²) < 4.78 is 0.753. The van der Waals surface area contributed by atoms with Crippen molar-refractivity contribution in [1.82, 2.24) is 9.88 Å². The Morgan fingerprint density at radius 2 is 1.93 bits per heavy atom. The van der Waals surface area contributed by atoms with Gasteiger partial charge in [0.05, 0.1) is 10.4 Å². The largest absolute Gasteiger partial charge is 0.369 e. The van der Waals surface area contributed by atoms with Crippen LogP contribution in [0.3, 0.4) is 0 Å². The van der Waals surface area contributed by atoms with Crippen LogP contribution in [0.15, 0.2) is 53.0 Å². The van der Waals surface area contributed by atoms with Gasteiger partial charge >= 0.3 is 0 Å². The molecule has 0 saturated carbocycles. The molecule has 1 fully saturated rings. The molecule has 2 heterocycles. The number of aromatic amines is 1. The van der Waals surface area contributed by atoms with E-state index >= 15 is 0 Å². The van der Waals surface area contributed by atoms with Crippen molar-refractivity contribution in [2.75, 3.05) is 18.4 Å². The third-order valence-electron chi connectivity index (χ3n) is 5.44. The molecule has 1 saturated heterocycles. The van der Waals surface area contributed by atoms with Crippen LogP contribution in [0.5, 0.6) is 0 Å². The minimum atomic E-state index is -0.236. The molecule has 4 N–H and O–H groups in total. The third-order valence-corrected chi connectivity index (χ3v) is 6.26. The van der Waals surface area contributed by atoms with Crippen LogP contribution in [0.4, 0.5) is 5.69 Å². The van der Waals surface area contributed by atoms with Crippen LogP contribution in [0.2, 0.25) is 0 Å². The molecule has 1 unspecified atom stereocenters. The molecule has 1 atom stereocenters. The molecule has 6 nitrogen and oxygen atoms in total. The Kier molecular flexibility index (Phi) is 5.69. The highest BCUT2D eigenvalue weighted by atomic mass is 79.9. The number of carbonyl (C=O) groups excluding carboxylic acids is 2. The maximum atomic E-state index is 12.9. The summed E-state index contributed by atoms with van der Waals surface area (Å²) in [6.07, 6.45) is 1.79. The molecule has 2 aromatic carbocycles. The van der Waals surface area contributed by atoms with Crippen LogP contribution in [0, 0.1) is 5.92 Å².